The van der Waals surface area contributed by atoms with E-state index in [1.54, 1.807) is 34.6 Å². The van der Waals surface area contributed by atoms with E-state index >= 15 is 0 Å². The number of phosphoric ester groups is 2. The van der Waals surface area contributed by atoms with Crippen molar-refractivity contribution >= 4 is 26.8 Å². The number of fused-ring (bicyclic) bond motifs is 5. The summed E-state index contributed by atoms with van der Waals surface area (Å²) in [5.41, 5.74) is -0.303. The molecule has 10 atom stereocenters. The summed E-state index contributed by atoms with van der Waals surface area (Å²) in [6.07, 6.45) is -5.62. The highest BCUT2D eigenvalue weighted by molar-refractivity contribution is 7.46. The molecule has 0 aromatic carbocycles. The summed E-state index contributed by atoms with van der Waals surface area (Å²) in [7, 11) is -9.71. The maximum atomic E-state index is 12.9. The fraction of sp³-hybridized carbons (Fsp3) is 0.750. The number of ether oxygens (including phenoxy) is 2. The van der Waals surface area contributed by atoms with Crippen LogP contribution in [0.2, 0.25) is 0 Å². The van der Waals surface area contributed by atoms with Crippen molar-refractivity contribution in [2.24, 2.45) is 11.8 Å². The monoisotopic (exact) mass is 562 g/mol. The van der Waals surface area contributed by atoms with Crippen molar-refractivity contribution in [2.45, 2.75) is 71.4 Å². The molecule has 17 heteroatoms. The molecule has 5 heterocycles. The molecule has 3 aliphatic heterocycles. The first-order valence-electron chi connectivity index (χ1n) is 11.8. The van der Waals surface area contributed by atoms with Gasteiger partial charge in [-0.25, -0.2) is 9.97 Å². The SMILES string of the molecule is Cc1nc2c(nc(C)n2C2OC3COP(=O)([O-])OC4C(C)OC(COP(=O)([O-])OC2C3C)C4C)c(=O)[nH]1. The maximum absolute atomic E-state index is 12.9. The number of hydrogen-bond acceptors (Lipinski definition) is 13. The molecule has 206 valence electrons. The number of nitrogens with zero attached hydrogens (tertiary/aromatic N) is 3. The molecule has 0 aliphatic carbocycles. The summed E-state index contributed by atoms with van der Waals surface area (Å²) in [6.45, 7) is 7.20. The van der Waals surface area contributed by atoms with E-state index in [0.29, 0.717) is 11.6 Å². The number of hydrogen-bond donors (Lipinski definition) is 1. The van der Waals surface area contributed by atoms with Crippen LogP contribution in [0.25, 0.3) is 11.2 Å². The fourth-order valence-electron chi connectivity index (χ4n) is 5.08. The Morgan fingerprint density at radius 1 is 0.919 bits per heavy atom. The molecular weight excluding hydrogens is 534 g/mol. The van der Waals surface area contributed by atoms with Crippen molar-refractivity contribution in [3.8, 4) is 0 Å². The normalized spacial score (nSPS) is 43.2. The minimum absolute atomic E-state index is 0.0268. The van der Waals surface area contributed by atoms with Crippen LogP contribution >= 0.6 is 15.6 Å². The number of aryl methyl sites for hydroxylation is 2. The standard InChI is InChI=1S/C20H30N4O11P2/c1-8-13-6-30-37(28,29)35-17-9(2)14(7-31-36(26,27)34-16(8)10(3)32-13)33-20(17)24-12(5)23-15-18(24)21-11(4)22-19(15)25/h8-10,13-14,16-17,20H,6-7H2,1-5H3,(H,26,27)(H,28,29)(H,21,22,25)/p-2. The molecule has 4 bridgehead atoms. The summed E-state index contributed by atoms with van der Waals surface area (Å²) in [5, 5.41) is 0. The molecule has 0 saturated carbocycles. The van der Waals surface area contributed by atoms with Crippen LogP contribution < -0.4 is 15.3 Å². The Labute approximate surface area is 211 Å². The van der Waals surface area contributed by atoms with E-state index in [1.807, 2.05) is 0 Å². The minimum atomic E-state index is -4.91. The number of aromatic nitrogens is 4. The van der Waals surface area contributed by atoms with E-state index in [-0.39, 0.29) is 11.2 Å². The summed E-state index contributed by atoms with van der Waals surface area (Å²) in [4.78, 5) is 49.2. The lowest BCUT2D eigenvalue weighted by Gasteiger charge is -2.33. The van der Waals surface area contributed by atoms with Crippen LogP contribution in [-0.4, -0.2) is 63.3 Å². The van der Waals surface area contributed by atoms with Gasteiger partial charge in [-0.1, -0.05) is 13.8 Å². The first-order chi connectivity index (χ1) is 17.3. The number of rotatable bonds is 1. The van der Waals surface area contributed by atoms with Gasteiger partial charge in [0.05, 0.1) is 37.6 Å². The molecule has 10 unspecified atom stereocenters. The predicted molar refractivity (Wildman–Crippen MR) is 121 cm³/mol. The van der Waals surface area contributed by atoms with Crippen molar-refractivity contribution in [3.05, 3.63) is 22.0 Å². The molecule has 0 spiro atoms. The second-order valence-corrected chi connectivity index (χ2v) is 12.4. The third-order valence-corrected chi connectivity index (χ3v) is 8.99. The molecule has 3 aliphatic rings. The number of aromatic amines is 1. The third-order valence-electron chi connectivity index (χ3n) is 7.05. The topological polar surface area (TPSA) is 199 Å². The van der Waals surface area contributed by atoms with Gasteiger partial charge < -0.3 is 42.3 Å². The Hall–Kier alpha value is -1.51. The van der Waals surface area contributed by atoms with Crippen LogP contribution in [0.5, 0.6) is 0 Å². The highest BCUT2D eigenvalue weighted by atomic mass is 31.2. The highest BCUT2D eigenvalue weighted by Gasteiger charge is 2.49. The molecule has 2 aromatic heterocycles. The smallest absolute Gasteiger partial charge is 0.279 e. The predicted octanol–water partition coefficient (Wildman–Crippen LogP) is 0.447. The van der Waals surface area contributed by atoms with Gasteiger partial charge >= 0.3 is 0 Å². The molecule has 1 N–H and O–H groups in total. The van der Waals surface area contributed by atoms with E-state index in [9.17, 15) is 23.7 Å². The molecule has 37 heavy (non-hydrogen) atoms. The minimum Gasteiger partial charge on any atom is -0.756 e. The second kappa shape index (κ2) is 9.60. The molecule has 15 nitrogen and oxygen atoms in total. The van der Waals surface area contributed by atoms with E-state index < -0.39 is 83.0 Å². The van der Waals surface area contributed by atoms with Crippen molar-refractivity contribution in [1.82, 2.24) is 19.5 Å². The zero-order valence-corrected chi connectivity index (χ0v) is 22.5. The van der Waals surface area contributed by atoms with Gasteiger partial charge in [-0.05, 0) is 20.8 Å². The van der Waals surface area contributed by atoms with Gasteiger partial charge in [0.2, 0.25) is 0 Å². The molecule has 3 fully saturated rings. The van der Waals surface area contributed by atoms with Crippen molar-refractivity contribution < 1.29 is 46.5 Å². The molecular formula is C20H28N4O11P2-2. The zero-order chi connectivity index (χ0) is 26.9. The van der Waals surface area contributed by atoms with Gasteiger partial charge in [0.15, 0.2) is 17.4 Å². The van der Waals surface area contributed by atoms with E-state index in [4.69, 9.17) is 27.6 Å². The summed E-state index contributed by atoms with van der Waals surface area (Å²) >= 11 is 0. The maximum Gasteiger partial charge on any atom is 0.279 e. The Kier molecular flexibility index (Phi) is 7.02. The first-order valence-corrected chi connectivity index (χ1v) is 14.7. The van der Waals surface area contributed by atoms with E-state index in [1.165, 1.54) is 4.57 Å². The van der Waals surface area contributed by atoms with E-state index in [0.717, 1.165) is 0 Å². The van der Waals surface area contributed by atoms with Crippen LogP contribution in [0.3, 0.4) is 0 Å². The summed E-state index contributed by atoms with van der Waals surface area (Å²) in [6, 6.07) is 0. The summed E-state index contributed by atoms with van der Waals surface area (Å²) in [5.74, 6) is -0.613. The van der Waals surface area contributed by atoms with Gasteiger partial charge in [0.1, 0.15) is 17.8 Å². The molecule has 0 amide bonds. The van der Waals surface area contributed by atoms with E-state index in [2.05, 4.69) is 15.0 Å². The van der Waals surface area contributed by atoms with Gasteiger partial charge in [0.25, 0.3) is 21.2 Å². The Bertz CT molecular complexity index is 1350. The second-order valence-electron chi connectivity index (χ2n) is 9.64. The van der Waals surface area contributed by atoms with Crippen molar-refractivity contribution in [3.63, 3.8) is 0 Å². The lowest BCUT2D eigenvalue weighted by Crippen LogP contribution is -2.33. The van der Waals surface area contributed by atoms with Crippen LogP contribution in [-0.2, 0) is 36.7 Å². The lowest BCUT2D eigenvalue weighted by atomic mass is 10.00. The number of H-pyrrole nitrogens is 1. The van der Waals surface area contributed by atoms with Crippen molar-refractivity contribution in [1.29, 1.82) is 0 Å². The quantitative estimate of drug-likeness (QED) is 0.470. The average Bonchev–Trinajstić information content (AvgIpc) is 3.37. The third kappa shape index (κ3) is 5.10. The number of nitrogens with one attached hydrogen (secondary N) is 1. The van der Waals surface area contributed by atoms with Gasteiger partial charge in [0, 0.05) is 11.8 Å². The Balaban J connectivity index is 1.54. The van der Waals surface area contributed by atoms with Gasteiger partial charge in [-0.15, -0.1) is 0 Å². The average molecular weight is 562 g/mol. The number of phosphoric acid groups is 2. The first kappa shape index (κ1) is 27.1. The van der Waals surface area contributed by atoms with Crippen molar-refractivity contribution in [2.75, 3.05) is 13.2 Å². The molecule has 2 aromatic rings. The molecule has 3 saturated heterocycles. The fourth-order valence-corrected chi connectivity index (χ4v) is 7.12. The zero-order valence-electron chi connectivity index (χ0n) is 20.8. The number of imidazole rings is 1. The van der Waals surface area contributed by atoms with Crippen LogP contribution in [0.15, 0.2) is 4.79 Å². The Morgan fingerprint density at radius 3 is 2.14 bits per heavy atom. The lowest BCUT2D eigenvalue weighted by molar-refractivity contribution is -0.236. The molecule has 0 radical (unpaired) electrons. The Morgan fingerprint density at radius 2 is 1.49 bits per heavy atom. The van der Waals surface area contributed by atoms with Gasteiger partial charge in [-0.2, -0.15) is 0 Å². The van der Waals surface area contributed by atoms with Gasteiger partial charge in [-0.3, -0.25) is 18.5 Å². The highest BCUT2D eigenvalue weighted by Crippen LogP contribution is 2.51. The van der Waals surface area contributed by atoms with Crippen LogP contribution in [0.4, 0.5) is 0 Å². The molecule has 5 rings (SSSR count). The largest absolute Gasteiger partial charge is 0.756 e. The van der Waals surface area contributed by atoms with Crippen LogP contribution in [0.1, 0.15) is 38.6 Å². The summed E-state index contributed by atoms with van der Waals surface area (Å²) < 4.78 is 59.9. The van der Waals surface area contributed by atoms with Crippen LogP contribution in [0, 0.1) is 25.7 Å².